The first-order chi connectivity index (χ1) is 10.9. The minimum Gasteiger partial charge on any atom is -0.350 e. The number of thiophene rings is 1. The molecule has 0 saturated carbocycles. The Morgan fingerprint density at radius 1 is 1.52 bits per heavy atom. The number of aromatic nitrogens is 1. The van der Waals surface area contributed by atoms with E-state index >= 15 is 0 Å². The SMILES string of the molecule is Cc1ncc([N+](=O)[O-])cc1C(=O)NCC(c1ccsc1)N(C)C. The van der Waals surface area contributed by atoms with E-state index in [9.17, 15) is 14.9 Å². The number of carbonyl (C=O) groups is 1. The summed E-state index contributed by atoms with van der Waals surface area (Å²) >= 11 is 1.60. The molecule has 1 unspecified atom stereocenters. The molecule has 0 bridgehead atoms. The number of nitrogens with one attached hydrogen (secondary N) is 1. The fraction of sp³-hybridized carbons (Fsp3) is 0.333. The Hall–Kier alpha value is -2.32. The van der Waals surface area contributed by atoms with E-state index in [-0.39, 0.29) is 23.2 Å². The minimum atomic E-state index is -0.558. The first kappa shape index (κ1) is 17.0. The molecular weight excluding hydrogens is 316 g/mol. The number of carbonyl (C=O) groups excluding carboxylic acids is 1. The summed E-state index contributed by atoms with van der Waals surface area (Å²) in [7, 11) is 3.88. The van der Waals surface area contributed by atoms with Gasteiger partial charge in [-0.05, 0) is 43.4 Å². The molecule has 0 spiro atoms. The maximum absolute atomic E-state index is 12.3. The maximum Gasteiger partial charge on any atom is 0.288 e. The zero-order valence-corrected chi connectivity index (χ0v) is 14.0. The summed E-state index contributed by atoms with van der Waals surface area (Å²) in [6, 6.07) is 3.31. The van der Waals surface area contributed by atoms with Crippen LogP contribution < -0.4 is 5.32 Å². The van der Waals surface area contributed by atoms with Crippen LogP contribution in [0.2, 0.25) is 0 Å². The average molecular weight is 334 g/mol. The number of nitro groups is 1. The van der Waals surface area contributed by atoms with E-state index in [1.807, 2.05) is 35.8 Å². The van der Waals surface area contributed by atoms with Crippen molar-refractivity contribution in [3.05, 3.63) is 56.0 Å². The first-order valence-electron chi connectivity index (χ1n) is 6.98. The Morgan fingerprint density at radius 3 is 2.83 bits per heavy atom. The summed E-state index contributed by atoms with van der Waals surface area (Å²) in [5.74, 6) is -0.360. The lowest BCUT2D eigenvalue weighted by Crippen LogP contribution is -2.34. The van der Waals surface area contributed by atoms with Crippen molar-refractivity contribution in [2.75, 3.05) is 20.6 Å². The van der Waals surface area contributed by atoms with Gasteiger partial charge < -0.3 is 10.2 Å². The van der Waals surface area contributed by atoms with Gasteiger partial charge in [-0.3, -0.25) is 19.9 Å². The van der Waals surface area contributed by atoms with Crippen LogP contribution in [-0.4, -0.2) is 41.4 Å². The Labute approximate surface area is 138 Å². The Kier molecular flexibility index (Phi) is 5.41. The van der Waals surface area contributed by atoms with E-state index in [1.165, 1.54) is 6.07 Å². The highest BCUT2D eigenvalue weighted by Gasteiger charge is 2.19. The molecule has 0 aromatic carbocycles. The molecule has 1 atom stereocenters. The van der Waals surface area contributed by atoms with Gasteiger partial charge in [0, 0.05) is 12.6 Å². The molecule has 0 fully saturated rings. The molecule has 2 heterocycles. The van der Waals surface area contributed by atoms with Gasteiger partial charge in [0.15, 0.2) is 0 Å². The van der Waals surface area contributed by atoms with Gasteiger partial charge in [-0.25, -0.2) is 0 Å². The third-order valence-electron chi connectivity index (χ3n) is 3.54. The highest BCUT2D eigenvalue weighted by molar-refractivity contribution is 7.07. The molecule has 1 amide bonds. The fourth-order valence-electron chi connectivity index (χ4n) is 2.20. The summed E-state index contributed by atoms with van der Waals surface area (Å²) in [5.41, 5.74) is 1.61. The minimum absolute atomic E-state index is 0.0390. The van der Waals surface area contributed by atoms with Crippen LogP contribution in [-0.2, 0) is 0 Å². The molecule has 0 aliphatic heterocycles. The van der Waals surface area contributed by atoms with E-state index in [2.05, 4.69) is 10.3 Å². The lowest BCUT2D eigenvalue weighted by molar-refractivity contribution is -0.385. The molecule has 23 heavy (non-hydrogen) atoms. The van der Waals surface area contributed by atoms with Crippen molar-refractivity contribution in [2.24, 2.45) is 0 Å². The molecule has 2 aromatic heterocycles. The molecule has 122 valence electrons. The van der Waals surface area contributed by atoms with Crippen molar-refractivity contribution < 1.29 is 9.72 Å². The number of pyridine rings is 1. The van der Waals surface area contributed by atoms with E-state index in [1.54, 1.807) is 18.3 Å². The standard InChI is InChI=1S/C15H18N4O3S/c1-10-13(6-12(7-16-10)19(21)22)15(20)17-8-14(18(2)3)11-4-5-23-9-11/h4-7,9,14H,8H2,1-3H3,(H,17,20). The van der Waals surface area contributed by atoms with Gasteiger partial charge in [-0.15, -0.1) is 0 Å². The second kappa shape index (κ2) is 7.30. The summed E-state index contributed by atoms with van der Waals surface area (Å²) < 4.78 is 0. The van der Waals surface area contributed by atoms with Gasteiger partial charge in [0.1, 0.15) is 6.20 Å². The lowest BCUT2D eigenvalue weighted by atomic mass is 10.1. The first-order valence-corrected chi connectivity index (χ1v) is 7.92. The molecule has 7 nitrogen and oxygen atoms in total. The van der Waals surface area contributed by atoms with E-state index in [0.717, 1.165) is 11.8 Å². The fourth-order valence-corrected chi connectivity index (χ4v) is 2.91. The predicted octanol–water partition coefficient (Wildman–Crippen LogP) is 2.39. The lowest BCUT2D eigenvalue weighted by Gasteiger charge is -2.24. The van der Waals surface area contributed by atoms with Crippen LogP contribution in [0.1, 0.15) is 27.7 Å². The van der Waals surface area contributed by atoms with E-state index < -0.39 is 4.92 Å². The third kappa shape index (κ3) is 4.11. The van der Waals surface area contributed by atoms with Crippen molar-refractivity contribution in [2.45, 2.75) is 13.0 Å². The summed E-state index contributed by atoms with van der Waals surface area (Å²) in [6.07, 6.45) is 1.15. The third-order valence-corrected chi connectivity index (χ3v) is 4.24. The second-order valence-corrected chi connectivity index (χ2v) is 6.11. The van der Waals surface area contributed by atoms with Crippen molar-refractivity contribution in [1.82, 2.24) is 15.2 Å². The van der Waals surface area contributed by atoms with Crippen LogP contribution in [0, 0.1) is 17.0 Å². The second-order valence-electron chi connectivity index (χ2n) is 5.33. The number of hydrogen-bond donors (Lipinski definition) is 1. The Bertz CT molecular complexity index is 701. The van der Waals surface area contributed by atoms with Crippen molar-refractivity contribution in [3.8, 4) is 0 Å². The van der Waals surface area contributed by atoms with Gasteiger partial charge in [0.2, 0.25) is 0 Å². The highest BCUT2D eigenvalue weighted by Crippen LogP contribution is 2.20. The van der Waals surface area contributed by atoms with Crippen molar-refractivity contribution in [3.63, 3.8) is 0 Å². The van der Waals surface area contributed by atoms with Crippen molar-refractivity contribution in [1.29, 1.82) is 0 Å². The molecular formula is C15H18N4O3S. The van der Waals surface area contributed by atoms with Gasteiger partial charge >= 0.3 is 0 Å². The van der Waals surface area contributed by atoms with Gasteiger partial charge in [-0.1, -0.05) is 0 Å². The molecule has 0 aliphatic rings. The Balaban J connectivity index is 2.12. The van der Waals surface area contributed by atoms with Crippen LogP contribution in [0.15, 0.2) is 29.1 Å². The van der Waals surface area contributed by atoms with Crippen LogP contribution in [0.5, 0.6) is 0 Å². The van der Waals surface area contributed by atoms with Crippen LogP contribution >= 0.6 is 11.3 Å². The van der Waals surface area contributed by atoms with Crippen LogP contribution in [0.25, 0.3) is 0 Å². The van der Waals surface area contributed by atoms with Gasteiger partial charge in [-0.2, -0.15) is 11.3 Å². The molecule has 2 rings (SSSR count). The van der Waals surface area contributed by atoms with Crippen LogP contribution in [0.4, 0.5) is 5.69 Å². The van der Waals surface area contributed by atoms with Crippen LogP contribution in [0.3, 0.4) is 0 Å². The smallest absolute Gasteiger partial charge is 0.288 e. The summed E-state index contributed by atoms with van der Waals surface area (Å²) in [4.78, 5) is 28.6. The normalized spacial score (nSPS) is 12.2. The monoisotopic (exact) mass is 334 g/mol. The summed E-state index contributed by atoms with van der Waals surface area (Å²) in [6.45, 7) is 2.06. The number of rotatable bonds is 6. The number of nitrogens with zero attached hydrogens (tertiary/aromatic N) is 3. The molecule has 1 N–H and O–H groups in total. The topological polar surface area (TPSA) is 88.4 Å². The summed E-state index contributed by atoms with van der Waals surface area (Å²) in [5, 5.41) is 17.7. The van der Waals surface area contributed by atoms with E-state index in [4.69, 9.17) is 0 Å². The number of amides is 1. The highest BCUT2D eigenvalue weighted by atomic mass is 32.1. The number of hydrogen-bond acceptors (Lipinski definition) is 6. The van der Waals surface area contributed by atoms with Crippen molar-refractivity contribution >= 4 is 22.9 Å². The average Bonchev–Trinajstić information content (AvgIpc) is 3.01. The number of aryl methyl sites for hydroxylation is 1. The van der Waals surface area contributed by atoms with Gasteiger partial charge in [0.05, 0.1) is 22.2 Å². The molecule has 0 saturated heterocycles. The zero-order chi connectivity index (χ0) is 17.0. The largest absolute Gasteiger partial charge is 0.350 e. The van der Waals surface area contributed by atoms with E-state index in [0.29, 0.717) is 12.2 Å². The zero-order valence-electron chi connectivity index (χ0n) is 13.1. The quantitative estimate of drug-likeness (QED) is 0.647. The molecule has 0 aliphatic carbocycles. The molecule has 0 radical (unpaired) electrons. The maximum atomic E-state index is 12.3. The number of likely N-dealkylation sites (N-methyl/N-ethyl adjacent to an activating group) is 1. The predicted molar refractivity (Wildman–Crippen MR) is 88.7 cm³/mol. The Morgan fingerprint density at radius 2 is 2.26 bits per heavy atom. The molecule has 2 aromatic rings. The van der Waals surface area contributed by atoms with Gasteiger partial charge in [0.25, 0.3) is 11.6 Å². The molecule has 8 heteroatoms.